The molecule has 0 unspecified atom stereocenters. The Hall–Kier alpha value is -1.35. The highest BCUT2D eigenvalue weighted by Crippen LogP contribution is 2.20. The van der Waals surface area contributed by atoms with Crippen molar-refractivity contribution >= 4 is 11.0 Å². The smallest absolute Gasteiger partial charge is 0.109 e. The van der Waals surface area contributed by atoms with Crippen molar-refractivity contribution < 1.29 is 5.11 Å². The maximum Gasteiger partial charge on any atom is 0.109 e. The first-order valence-electron chi connectivity index (χ1n) is 5.83. The quantitative estimate of drug-likeness (QED) is 0.855. The zero-order valence-electron chi connectivity index (χ0n) is 9.90. The van der Waals surface area contributed by atoms with Crippen LogP contribution in [0.3, 0.4) is 0 Å². The van der Waals surface area contributed by atoms with Crippen LogP contribution < -0.4 is 0 Å². The molecule has 0 aliphatic carbocycles. The Morgan fingerprint density at radius 2 is 2.19 bits per heavy atom. The lowest BCUT2D eigenvalue weighted by Gasteiger charge is -2.06. The summed E-state index contributed by atoms with van der Waals surface area (Å²) in [5.74, 6) is 1.08. The fourth-order valence-electron chi connectivity index (χ4n) is 2.10. The SMILES string of the molecule is CCCc1nc2c(C)cccc2n1CCO. The number of nitrogens with zero attached hydrogens (tertiary/aromatic N) is 2. The topological polar surface area (TPSA) is 38.0 Å². The summed E-state index contributed by atoms with van der Waals surface area (Å²) in [5, 5.41) is 9.11. The van der Waals surface area contributed by atoms with Gasteiger partial charge in [-0.15, -0.1) is 0 Å². The van der Waals surface area contributed by atoms with Crippen LogP contribution in [0.1, 0.15) is 24.7 Å². The number of imidazole rings is 1. The van der Waals surface area contributed by atoms with E-state index in [0.717, 1.165) is 29.7 Å². The molecule has 0 amide bonds. The lowest BCUT2D eigenvalue weighted by Crippen LogP contribution is -2.06. The molecule has 0 radical (unpaired) electrons. The molecule has 0 saturated carbocycles. The van der Waals surface area contributed by atoms with Crippen LogP contribution in [0.5, 0.6) is 0 Å². The highest BCUT2D eigenvalue weighted by molar-refractivity contribution is 5.79. The number of aromatic nitrogens is 2. The first-order valence-corrected chi connectivity index (χ1v) is 5.83. The van der Waals surface area contributed by atoms with Gasteiger partial charge in [-0.25, -0.2) is 4.98 Å². The average Bonchev–Trinajstić information content (AvgIpc) is 2.61. The highest BCUT2D eigenvalue weighted by atomic mass is 16.3. The third kappa shape index (κ3) is 1.83. The van der Waals surface area contributed by atoms with Crippen LogP contribution in [0.25, 0.3) is 11.0 Å². The van der Waals surface area contributed by atoms with Crippen molar-refractivity contribution in [3.8, 4) is 0 Å². The van der Waals surface area contributed by atoms with Crippen LogP contribution in [-0.4, -0.2) is 21.3 Å². The summed E-state index contributed by atoms with van der Waals surface area (Å²) in [7, 11) is 0. The molecule has 0 bridgehead atoms. The molecule has 0 aliphatic heterocycles. The molecule has 86 valence electrons. The third-order valence-electron chi connectivity index (χ3n) is 2.86. The molecular formula is C13H18N2O. The molecule has 0 aliphatic rings. The number of aryl methyl sites for hydroxylation is 2. The lowest BCUT2D eigenvalue weighted by molar-refractivity contribution is 0.276. The van der Waals surface area contributed by atoms with Crippen molar-refractivity contribution in [2.24, 2.45) is 0 Å². The van der Waals surface area contributed by atoms with E-state index >= 15 is 0 Å². The van der Waals surface area contributed by atoms with Crippen molar-refractivity contribution in [3.05, 3.63) is 29.6 Å². The van der Waals surface area contributed by atoms with Crippen LogP contribution in [0, 0.1) is 6.92 Å². The van der Waals surface area contributed by atoms with Gasteiger partial charge in [0.15, 0.2) is 0 Å². The summed E-state index contributed by atoms with van der Waals surface area (Å²) >= 11 is 0. The van der Waals surface area contributed by atoms with Crippen molar-refractivity contribution in [1.29, 1.82) is 0 Å². The zero-order valence-corrected chi connectivity index (χ0v) is 9.90. The van der Waals surface area contributed by atoms with Crippen molar-refractivity contribution in [1.82, 2.24) is 9.55 Å². The molecule has 0 atom stereocenters. The first-order chi connectivity index (χ1) is 7.77. The van der Waals surface area contributed by atoms with Gasteiger partial charge in [-0.2, -0.15) is 0 Å². The van der Waals surface area contributed by atoms with E-state index in [1.807, 2.05) is 6.07 Å². The van der Waals surface area contributed by atoms with E-state index in [4.69, 9.17) is 5.11 Å². The van der Waals surface area contributed by atoms with E-state index in [1.54, 1.807) is 0 Å². The van der Waals surface area contributed by atoms with E-state index in [9.17, 15) is 0 Å². The molecule has 3 nitrogen and oxygen atoms in total. The second kappa shape index (κ2) is 4.66. The molecule has 0 saturated heterocycles. The molecule has 1 heterocycles. The van der Waals surface area contributed by atoms with Gasteiger partial charge in [0.1, 0.15) is 5.82 Å². The van der Waals surface area contributed by atoms with Crippen molar-refractivity contribution in [3.63, 3.8) is 0 Å². The van der Waals surface area contributed by atoms with Gasteiger partial charge >= 0.3 is 0 Å². The van der Waals surface area contributed by atoms with Crippen LogP contribution >= 0.6 is 0 Å². The van der Waals surface area contributed by atoms with Gasteiger partial charge in [-0.3, -0.25) is 0 Å². The minimum atomic E-state index is 0.163. The minimum absolute atomic E-state index is 0.163. The van der Waals surface area contributed by atoms with E-state index in [0.29, 0.717) is 6.54 Å². The minimum Gasteiger partial charge on any atom is -0.395 e. The van der Waals surface area contributed by atoms with E-state index in [1.165, 1.54) is 5.56 Å². The van der Waals surface area contributed by atoms with E-state index in [-0.39, 0.29) is 6.61 Å². The second-order valence-electron chi connectivity index (χ2n) is 4.10. The number of aliphatic hydroxyl groups excluding tert-OH is 1. The second-order valence-corrected chi connectivity index (χ2v) is 4.10. The van der Waals surface area contributed by atoms with Gasteiger partial charge in [-0.05, 0) is 25.0 Å². The largest absolute Gasteiger partial charge is 0.395 e. The van der Waals surface area contributed by atoms with Crippen LogP contribution in [0.4, 0.5) is 0 Å². The van der Waals surface area contributed by atoms with Gasteiger partial charge in [0.2, 0.25) is 0 Å². The van der Waals surface area contributed by atoms with E-state index in [2.05, 4.69) is 35.5 Å². The molecule has 1 aromatic heterocycles. The Labute approximate surface area is 95.7 Å². The van der Waals surface area contributed by atoms with Crippen molar-refractivity contribution in [2.45, 2.75) is 33.2 Å². The van der Waals surface area contributed by atoms with E-state index < -0.39 is 0 Å². The molecule has 2 aromatic rings. The Kier molecular flexibility index (Phi) is 3.25. The van der Waals surface area contributed by atoms with Crippen LogP contribution in [-0.2, 0) is 13.0 Å². The predicted molar refractivity (Wildman–Crippen MR) is 65.6 cm³/mol. The summed E-state index contributed by atoms with van der Waals surface area (Å²) in [6.45, 7) is 5.02. The summed E-state index contributed by atoms with van der Waals surface area (Å²) in [5.41, 5.74) is 3.41. The first kappa shape index (κ1) is 11.1. The molecule has 16 heavy (non-hydrogen) atoms. The molecule has 3 heteroatoms. The third-order valence-corrected chi connectivity index (χ3v) is 2.86. The summed E-state index contributed by atoms with van der Waals surface area (Å²) < 4.78 is 2.13. The number of hydrogen-bond acceptors (Lipinski definition) is 2. The Balaban J connectivity index is 2.60. The molecular weight excluding hydrogens is 200 g/mol. The Morgan fingerprint density at radius 3 is 2.88 bits per heavy atom. The maximum atomic E-state index is 9.11. The standard InChI is InChI=1S/C13H18N2O/c1-3-5-12-14-13-10(2)6-4-7-11(13)15(12)8-9-16/h4,6-7,16H,3,5,8-9H2,1-2H3. The normalized spacial score (nSPS) is 11.2. The molecule has 0 spiro atoms. The average molecular weight is 218 g/mol. The van der Waals surface area contributed by atoms with Crippen molar-refractivity contribution in [2.75, 3.05) is 6.61 Å². The monoisotopic (exact) mass is 218 g/mol. The van der Waals surface area contributed by atoms with Gasteiger partial charge in [0.25, 0.3) is 0 Å². The Bertz CT molecular complexity index is 488. The Morgan fingerprint density at radius 1 is 1.38 bits per heavy atom. The summed E-state index contributed by atoms with van der Waals surface area (Å²) in [6.07, 6.45) is 2.04. The lowest BCUT2D eigenvalue weighted by atomic mass is 10.2. The molecule has 2 rings (SSSR count). The van der Waals surface area contributed by atoms with Gasteiger partial charge in [0, 0.05) is 13.0 Å². The van der Waals surface area contributed by atoms with Gasteiger partial charge < -0.3 is 9.67 Å². The number of hydrogen-bond donors (Lipinski definition) is 1. The zero-order chi connectivity index (χ0) is 11.5. The fraction of sp³-hybridized carbons (Fsp3) is 0.462. The number of benzene rings is 1. The van der Waals surface area contributed by atoms with Gasteiger partial charge in [-0.1, -0.05) is 19.1 Å². The predicted octanol–water partition coefficient (Wildman–Crippen LogP) is 2.29. The fourth-order valence-corrected chi connectivity index (χ4v) is 2.10. The van der Waals surface area contributed by atoms with Crippen LogP contribution in [0.15, 0.2) is 18.2 Å². The molecule has 1 N–H and O–H groups in total. The van der Waals surface area contributed by atoms with Crippen LogP contribution in [0.2, 0.25) is 0 Å². The number of fused-ring (bicyclic) bond motifs is 1. The summed E-state index contributed by atoms with van der Waals surface area (Å²) in [6, 6.07) is 6.20. The number of para-hydroxylation sites is 1. The molecule has 1 aromatic carbocycles. The molecule has 0 fully saturated rings. The number of aliphatic hydroxyl groups is 1. The summed E-state index contributed by atoms with van der Waals surface area (Å²) in [4.78, 5) is 4.67. The highest BCUT2D eigenvalue weighted by Gasteiger charge is 2.10. The van der Waals surface area contributed by atoms with Gasteiger partial charge in [0.05, 0.1) is 17.6 Å². The number of rotatable bonds is 4. The maximum absolute atomic E-state index is 9.11.